The predicted molar refractivity (Wildman–Crippen MR) is 103 cm³/mol. The molecule has 1 aromatic carbocycles. The summed E-state index contributed by atoms with van der Waals surface area (Å²) in [7, 11) is 0. The molecule has 7 heteroatoms. The molecule has 0 radical (unpaired) electrons. The van der Waals surface area contributed by atoms with Gasteiger partial charge in [-0.05, 0) is 23.6 Å². The second-order valence-electron chi connectivity index (χ2n) is 6.27. The van der Waals surface area contributed by atoms with Crippen LogP contribution in [-0.4, -0.2) is 32.9 Å². The largest absolute Gasteiger partial charge is 0.350 e. The van der Waals surface area contributed by atoms with Crippen molar-refractivity contribution in [3.8, 4) is 5.82 Å². The Labute approximate surface area is 157 Å². The molecule has 7 nitrogen and oxygen atoms in total. The van der Waals surface area contributed by atoms with Crippen molar-refractivity contribution in [2.24, 2.45) is 0 Å². The summed E-state index contributed by atoms with van der Waals surface area (Å²) in [4.78, 5) is 31.8. The van der Waals surface area contributed by atoms with Crippen LogP contribution >= 0.6 is 0 Å². The average Bonchev–Trinajstić information content (AvgIpc) is 3.17. The summed E-state index contributed by atoms with van der Waals surface area (Å²) >= 11 is 0. The fourth-order valence-electron chi connectivity index (χ4n) is 2.62. The van der Waals surface area contributed by atoms with E-state index in [1.807, 2.05) is 30.3 Å². The minimum atomic E-state index is -0.230. The standard InChI is InChI=1S/C20H21N5O2/c1-14(16-6-4-3-5-7-16)10-22-20(27)18-12-25(13-23-18)19-9-8-17(11-21-19)24-15(2)26/h3-9,11-14H,10H2,1-2H3,(H,22,27)(H,24,26)/t14-/m0/s1. The number of aromatic nitrogens is 3. The number of nitrogens with zero attached hydrogens (tertiary/aromatic N) is 3. The van der Waals surface area contributed by atoms with Crippen molar-refractivity contribution in [1.82, 2.24) is 19.9 Å². The van der Waals surface area contributed by atoms with Crippen LogP contribution in [-0.2, 0) is 4.79 Å². The van der Waals surface area contributed by atoms with Crippen molar-refractivity contribution >= 4 is 17.5 Å². The Morgan fingerprint density at radius 3 is 2.56 bits per heavy atom. The van der Waals surface area contributed by atoms with Gasteiger partial charge in [-0.2, -0.15) is 0 Å². The van der Waals surface area contributed by atoms with Crippen molar-refractivity contribution in [1.29, 1.82) is 0 Å². The van der Waals surface area contributed by atoms with Gasteiger partial charge < -0.3 is 10.6 Å². The molecular formula is C20H21N5O2. The maximum absolute atomic E-state index is 12.3. The number of carbonyl (C=O) groups is 2. The fraction of sp³-hybridized carbons (Fsp3) is 0.200. The summed E-state index contributed by atoms with van der Waals surface area (Å²) in [5.74, 6) is 0.427. The van der Waals surface area contributed by atoms with Gasteiger partial charge >= 0.3 is 0 Å². The van der Waals surface area contributed by atoms with Crippen LogP contribution in [0.3, 0.4) is 0 Å². The highest BCUT2D eigenvalue weighted by Gasteiger charge is 2.12. The molecule has 2 aromatic heterocycles. The second kappa shape index (κ2) is 8.27. The number of anilines is 1. The lowest BCUT2D eigenvalue weighted by Gasteiger charge is -2.12. The third kappa shape index (κ3) is 4.78. The van der Waals surface area contributed by atoms with E-state index in [9.17, 15) is 9.59 Å². The fourth-order valence-corrected chi connectivity index (χ4v) is 2.62. The number of hydrogen-bond donors (Lipinski definition) is 2. The zero-order valence-corrected chi connectivity index (χ0v) is 15.2. The summed E-state index contributed by atoms with van der Waals surface area (Å²) in [6, 6.07) is 13.5. The molecule has 0 aliphatic heterocycles. The van der Waals surface area contributed by atoms with Gasteiger partial charge in [-0.25, -0.2) is 9.97 Å². The van der Waals surface area contributed by atoms with Gasteiger partial charge in [0.15, 0.2) is 0 Å². The molecule has 3 aromatic rings. The summed E-state index contributed by atoms with van der Waals surface area (Å²) in [6.07, 6.45) is 4.72. The molecule has 0 fully saturated rings. The van der Waals surface area contributed by atoms with E-state index in [2.05, 4.69) is 27.5 Å². The lowest BCUT2D eigenvalue weighted by molar-refractivity contribution is -0.114. The quantitative estimate of drug-likeness (QED) is 0.705. The maximum atomic E-state index is 12.3. The van der Waals surface area contributed by atoms with Crippen molar-refractivity contribution in [3.05, 3.63) is 72.4 Å². The van der Waals surface area contributed by atoms with Crippen molar-refractivity contribution < 1.29 is 9.59 Å². The van der Waals surface area contributed by atoms with Gasteiger partial charge in [0.25, 0.3) is 5.91 Å². The molecule has 2 N–H and O–H groups in total. The monoisotopic (exact) mass is 363 g/mol. The molecule has 0 saturated carbocycles. The van der Waals surface area contributed by atoms with E-state index in [1.54, 1.807) is 29.1 Å². The Balaban J connectivity index is 1.61. The van der Waals surface area contributed by atoms with E-state index in [0.29, 0.717) is 23.7 Å². The summed E-state index contributed by atoms with van der Waals surface area (Å²) in [5.41, 5.74) is 2.11. The molecule has 0 bridgehead atoms. The first kappa shape index (κ1) is 18.3. The Kier molecular flexibility index (Phi) is 5.61. The van der Waals surface area contributed by atoms with Crippen molar-refractivity contribution in [3.63, 3.8) is 0 Å². The van der Waals surface area contributed by atoms with Crippen LogP contribution < -0.4 is 10.6 Å². The predicted octanol–water partition coefficient (Wildman–Crippen LogP) is 2.76. The SMILES string of the molecule is CC(=O)Nc1ccc(-n2cnc(C(=O)NC[C@H](C)c3ccccc3)c2)nc1. The first-order valence-electron chi connectivity index (χ1n) is 8.64. The third-order valence-corrected chi connectivity index (χ3v) is 4.09. The second-order valence-corrected chi connectivity index (χ2v) is 6.27. The minimum absolute atomic E-state index is 0.157. The number of rotatable bonds is 6. The number of hydrogen-bond acceptors (Lipinski definition) is 4. The van der Waals surface area contributed by atoms with Gasteiger partial charge in [0.05, 0.1) is 11.9 Å². The lowest BCUT2D eigenvalue weighted by Crippen LogP contribution is -2.27. The van der Waals surface area contributed by atoms with Crippen LogP contribution in [0, 0.1) is 0 Å². The number of amides is 2. The molecular weight excluding hydrogens is 342 g/mol. The molecule has 27 heavy (non-hydrogen) atoms. The van der Waals surface area contributed by atoms with Crippen molar-refractivity contribution in [2.45, 2.75) is 19.8 Å². The van der Waals surface area contributed by atoms with Crippen molar-refractivity contribution in [2.75, 3.05) is 11.9 Å². The van der Waals surface area contributed by atoms with Gasteiger partial charge in [-0.3, -0.25) is 14.2 Å². The Morgan fingerprint density at radius 2 is 1.89 bits per heavy atom. The highest BCUT2D eigenvalue weighted by molar-refractivity contribution is 5.92. The van der Waals surface area contributed by atoms with E-state index < -0.39 is 0 Å². The summed E-state index contributed by atoms with van der Waals surface area (Å²) in [5, 5.41) is 5.57. The highest BCUT2D eigenvalue weighted by atomic mass is 16.2. The average molecular weight is 363 g/mol. The van der Waals surface area contributed by atoms with E-state index in [4.69, 9.17) is 0 Å². The number of benzene rings is 1. The normalized spacial score (nSPS) is 11.6. The van der Waals surface area contributed by atoms with E-state index in [-0.39, 0.29) is 17.7 Å². The van der Waals surface area contributed by atoms with E-state index in [1.165, 1.54) is 18.8 Å². The smallest absolute Gasteiger partial charge is 0.271 e. The Hall–Kier alpha value is -3.48. The van der Waals surface area contributed by atoms with Crippen LogP contribution in [0.4, 0.5) is 5.69 Å². The van der Waals surface area contributed by atoms with Gasteiger partial charge in [-0.1, -0.05) is 37.3 Å². The minimum Gasteiger partial charge on any atom is -0.350 e. The van der Waals surface area contributed by atoms with Gasteiger partial charge in [0.1, 0.15) is 17.8 Å². The van der Waals surface area contributed by atoms with Crippen LogP contribution in [0.5, 0.6) is 0 Å². The zero-order valence-electron chi connectivity index (χ0n) is 15.2. The molecule has 0 aliphatic rings. The molecule has 0 spiro atoms. The maximum Gasteiger partial charge on any atom is 0.271 e. The highest BCUT2D eigenvalue weighted by Crippen LogP contribution is 2.14. The van der Waals surface area contributed by atoms with Gasteiger partial charge in [-0.15, -0.1) is 0 Å². The zero-order chi connectivity index (χ0) is 19.2. The molecule has 3 rings (SSSR count). The topological polar surface area (TPSA) is 88.9 Å². The molecule has 0 saturated heterocycles. The number of carbonyl (C=O) groups excluding carboxylic acids is 2. The van der Waals surface area contributed by atoms with Crippen LogP contribution in [0.25, 0.3) is 5.82 Å². The van der Waals surface area contributed by atoms with E-state index >= 15 is 0 Å². The van der Waals surface area contributed by atoms with Crippen LogP contribution in [0.2, 0.25) is 0 Å². The molecule has 0 aliphatic carbocycles. The van der Waals surface area contributed by atoms with Crippen LogP contribution in [0.1, 0.15) is 35.8 Å². The molecule has 2 amide bonds. The summed E-state index contributed by atoms with van der Waals surface area (Å²) < 4.78 is 1.66. The molecule has 1 atom stereocenters. The van der Waals surface area contributed by atoms with Crippen LogP contribution in [0.15, 0.2) is 61.2 Å². The van der Waals surface area contributed by atoms with Gasteiger partial charge in [0, 0.05) is 19.7 Å². The Morgan fingerprint density at radius 1 is 1.11 bits per heavy atom. The lowest BCUT2D eigenvalue weighted by atomic mass is 10.0. The first-order chi connectivity index (χ1) is 13.0. The summed E-state index contributed by atoms with van der Waals surface area (Å²) in [6.45, 7) is 4.03. The number of nitrogens with one attached hydrogen (secondary N) is 2. The van der Waals surface area contributed by atoms with Gasteiger partial charge in [0.2, 0.25) is 5.91 Å². The number of pyridine rings is 1. The third-order valence-electron chi connectivity index (χ3n) is 4.09. The first-order valence-corrected chi connectivity index (χ1v) is 8.64. The molecule has 2 heterocycles. The molecule has 138 valence electrons. The van der Waals surface area contributed by atoms with E-state index in [0.717, 1.165) is 0 Å². The molecule has 0 unspecified atom stereocenters. The Bertz CT molecular complexity index is 919. The number of imidazole rings is 1.